The van der Waals surface area contributed by atoms with Crippen LogP contribution in [0.4, 0.5) is 0 Å². The Morgan fingerprint density at radius 2 is 1.66 bits per heavy atom. The second kappa shape index (κ2) is 7.84. The molecule has 35 heavy (non-hydrogen) atoms. The van der Waals surface area contributed by atoms with Gasteiger partial charge in [-0.25, -0.2) is 0 Å². The van der Waals surface area contributed by atoms with Crippen molar-refractivity contribution in [3.8, 4) is 0 Å². The average molecular weight is 485 g/mol. The first-order chi connectivity index (χ1) is 16.1. The number of rotatable bonds is 5. The molecule has 0 amide bonds. The van der Waals surface area contributed by atoms with Crippen LogP contribution in [0.3, 0.4) is 0 Å². The topological polar surface area (TPSA) is 38.8 Å². The van der Waals surface area contributed by atoms with Crippen molar-refractivity contribution < 1.29 is 14.3 Å². The minimum atomic E-state index is -0.709. The second-order valence-corrected chi connectivity index (χ2v) is 15.2. The number of hydrogen-bond acceptors (Lipinski definition) is 3. The third kappa shape index (κ3) is 3.56. The minimum absolute atomic E-state index is 0.231. The van der Waals surface area contributed by atoms with Gasteiger partial charge in [0.15, 0.2) is 0 Å². The summed E-state index contributed by atoms with van der Waals surface area (Å²) >= 11 is 0. The smallest absolute Gasteiger partial charge is 0.305 e. The van der Waals surface area contributed by atoms with Crippen LogP contribution in [0.1, 0.15) is 133 Å². The van der Waals surface area contributed by atoms with Crippen LogP contribution in [0.2, 0.25) is 0 Å². The van der Waals surface area contributed by atoms with Gasteiger partial charge in [0.2, 0.25) is 5.79 Å². The van der Waals surface area contributed by atoms with Gasteiger partial charge < -0.3 is 9.47 Å². The van der Waals surface area contributed by atoms with Crippen LogP contribution in [0.25, 0.3) is 0 Å². The largest absolute Gasteiger partial charge is 0.430 e. The van der Waals surface area contributed by atoms with E-state index in [-0.39, 0.29) is 11.6 Å². The van der Waals surface area contributed by atoms with E-state index in [0.29, 0.717) is 27.6 Å². The Morgan fingerprint density at radius 1 is 0.971 bits per heavy atom. The summed E-state index contributed by atoms with van der Waals surface area (Å²) < 4.78 is 11.7. The number of carbonyl (C=O) groups is 1. The summed E-state index contributed by atoms with van der Waals surface area (Å²) in [7, 11) is 0. The Morgan fingerprint density at radius 3 is 2.29 bits per heavy atom. The molecule has 0 aromatic rings. The molecule has 0 radical (unpaired) electrons. The van der Waals surface area contributed by atoms with E-state index >= 15 is 0 Å². The highest BCUT2D eigenvalue weighted by Gasteiger charge is 2.68. The number of carbonyl (C=O) groups excluding carboxylic acids is 1. The number of allylic oxidation sites excluding steroid dienone is 2. The molecule has 4 aliphatic carbocycles. The van der Waals surface area contributed by atoms with Crippen LogP contribution in [0.5, 0.6) is 0 Å². The Labute approximate surface area is 215 Å². The maximum absolute atomic E-state index is 11.8. The van der Waals surface area contributed by atoms with Crippen LogP contribution >= 0.6 is 0 Å². The summed E-state index contributed by atoms with van der Waals surface area (Å²) in [4.78, 5) is 11.8. The van der Waals surface area contributed by atoms with Gasteiger partial charge in [0.1, 0.15) is 5.60 Å². The molecular formula is C32H52O3. The minimum Gasteiger partial charge on any atom is -0.430 e. The second-order valence-electron chi connectivity index (χ2n) is 15.2. The highest BCUT2D eigenvalue weighted by Crippen LogP contribution is 2.72. The van der Waals surface area contributed by atoms with Crippen molar-refractivity contribution in [1.29, 1.82) is 0 Å². The Hall–Kier alpha value is -0.830. The number of ether oxygens (including phenoxy) is 2. The number of fused-ring (bicyclic) bond motifs is 4. The predicted molar refractivity (Wildman–Crippen MR) is 142 cm³/mol. The molecule has 0 N–H and O–H groups in total. The van der Waals surface area contributed by atoms with Crippen molar-refractivity contribution in [1.82, 2.24) is 0 Å². The fourth-order valence-electron chi connectivity index (χ4n) is 10.5. The summed E-state index contributed by atoms with van der Waals surface area (Å²) in [6.45, 7) is 21.1. The van der Waals surface area contributed by atoms with Crippen LogP contribution in [-0.2, 0) is 14.3 Å². The maximum Gasteiger partial charge on any atom is 0.305 e. The lowest BCUT2D eigenvalue weighted by atomic mass is 9.43. The molecule has 5 rings (SSSR count). The molecule has 3 fully saturated rings. The summed E-state index contributed by atoms with van der Waals surface area (Å²) in [6.07, 6.45) is 14.2. The van der Waals surface area contributed by atoms with Crippen LogP contribution in [0, 0.1) is 39.4 Å². The van der Waals surface area contributed by atoms with Gasteiger partial charge in [0.05, 0.1) is 0 Å². The molecule has 198 valence electrons. The van der Waals surface area contributed by atoms with E-state index in [9.17, 15) is 4.79 Å². The number of hydrogen-bond donors (Lipinski definition) is 0. The summed E-state index contributed by atoms with van der Waals surface area (Å²) in [5.41, 5.74) is 5.05. The molecule has 1 unspecified atom stereocenters. The van der Waals surface area contributed by atoms with E-state index in [0.717, 1.165) is 24.7 Å². The van der Waals surface area contributed by atoms with Gasteiger partial charge in [0, 0.05) is 13.3 Å². The van der Waals surface area contributed by atoms with E-state index in [4.69, 9.17) is 9.47 Å². The third-order valence-electron chi connectivity index (χ3n) is 12.8. The van der Waals surface area contributed by atoms with E-state index in [2.05, 4.69) is 41.5 Å². The normalized spacial score (nSPS) is 46.3. The molecule has 0 aromatic heterocycles. The highest BCUT2D eigenvalue weighted by atomic mass is 16.8. The molecule has 7 atom stereocenters. The average Bonchev–Trinajstić information content (AvgIpc) is 3.13. The first-order valence-electron chi connectivity index (χ1n) is 14.7. The van der Waals surface area contributed by atoms with Crippen molar-refractivity contribution in [3.63, 3.8) is 0 Å². The lowest BCUT2D eigenvalue weighted by molar-refractivity contribution is -0.157. The fraction of sp³-hybridized carbons (Fsp3) is 0.906. The molecule has 3 nitrogen and oxygen atoms in total. The molecule has 2 saturated carbocycles. The molecule has 3 heteroatoms. The zero-order valence-electron chi connectivity index (χ0n) is 24.2. The summed E-state index contributed by atoms with van der Waals surface area (Å²) in [5.74, 6) is 1.25. The molecule has 1 aliphatic heterocycles. The van der Waals surface area contributed by atoms with Crippen LogP contribution in [-0.4, -0.2) is 17.4 Å². The molecule has 0 spiro atoms. The van der Waals surface area contributed by atoms with Gasteiger partial charge in [-0.2, -0.15) is 0 Å². The monoisotopic (exact) mass is 484 g/mol. The lowest BCUT2D eigenvalue weighted by Gasteiger charge is -2.61. The zero-order valence-corrected chi connectivity index (χ0v) is 24.2. The molecule has 0 aromatic carbocycles. The standard InChI is InChI=1S/C32H52O3/c1-21(13-20-32(34-22(2)33)28(5,6)35-32)23-14-18-31(9)25-11-12-26-27(3,4)16-10-17-29(26,7)24(25)15-19-30(23,31)8/h21,23,26H,10-20H2,1-9H3/t21-,23-,26+,29-,30-,31+,32?/m1/s1. The lowest BCUT2D eigenvalue weighted by Crippen LogP contribution is -2.51. The van der Waals surface area contributed by atoms with Crippen molar-refractivity contribution in [2.45, 2.75) is 144 Å². The quantitative estimate of drug-likeness (QED) is 0.223. The Kier molecular flexibility index (Phi) is 5.78. The SMILES string of the molecule is CC(=O)OC1(CC[C@@H](C)[C@H]2CC[C@@]3(C)C4=C(CC[C@]23C)[C@@]2(C)CCCC(C)(C)[C@@H]2CC4)OC1(C)C. The highest BCUT2D eigenvalue weighted by molar-refractivity contribution is 5.67. The van der Waals surface area contributed by atoms with E-state index in [1.807, 2.05) is 25.0 Å². The summed E-state index contributed by atoms with van der Waals surface area (Å²) in [6, 6.07) is 0. The van der Waals surface area contributed by atoms with Gasteiger partial charge in [-0.1, -0.05) is 59.1 Å². The molecule has 0 bridgehead atoms. The molecule has 1 heterocycles. The van der Waals surface area contributed by atoms with Gasteiger partial charge in [-0.05, 0) is 111 Å². The predicted octanol–water partition coefficient (Wildman–Crippen LogP) is 8.61. The molecular weight excluding hydrogens is 432 g/mol. The fourth-order valence-corrected chi connectivity index (χ4v) is 10.5. The van der Waals surface area contributed by atoms with Crippen molar-refractivity contribution in [3.05, 3.63) is 11.1 Å². The Bertz CT molecular complexity index is 929. The molecule has 1 saturated heterocycles. The first kappa shape index (κ1) is 25.8. The van der Waals surface area contributed by atoms with Crippen molar-refractivity contribution in [2.75, 3.05) is 0 Å². The Balaban J connectivity index is 1.38. The first-order valence-corrected chi connectivity index (χ1v) is 14.7. The number of epoxide rings is 1. The van der Waals surface area contributed by atoms with E-state index in [1.165, 1.54) is 64.7 Å². The van der Waals surface area contributed by atoms with Crippen molar-refractivity contribution >= 4 is 5.97 Å². The number of esters is 1. The summed E-state index contributed by atoms with van der Waals surface area (Å²) in [5, 5.41) is 0. The van der Waals surface area contributed by atoms with Gasteiger partial charge in [0.25, 0.3) is 0 Å². The maximum atomic E-state index is 11.8. The zero-order chi connectivity index (χ0) is 25.7. The van der Waals surface area contributed by atoms with Gasteiger partial charge in [-0.3, -0.25) is 4.79 Å². The van der Waals surface area contributed by atoms with E-state index < -0.39 is 5.79 Å². The third-order valence-corrected chi connectivity index (χ3v) is 12.8. The van der Waals surface area contributed by atoms with Crippen LogP contribution in [0.15, 0.2) is 11.1 Å². The van der Waals surface area contributed by atoms with Crippen molar-refractivity contribution in [2.24, 2.45) is 39.4 Å². The molecule has 5 aliphatic rings. The van der Waals surface area contributed by atoms with E-state index in [1.54, 1.807) is 0 Å². The van der Waals surface area contributed by atoms with Crippen LogP contribution < -0.4 is 0 Å². The van der Waals surface area contributed by atoms with Gasteiger partial charge in [-0.15, -0.1) is 0 Å². The van der Waals surface area contributed by atoms with Gasteiger partial charge >= 0.3 is 5.97 Å².